The standard InChI is InChI=1S/C21H18ClF2N4O5P.C21H17ClF2N4O2.CH4/c1-2-16(29)27-6-8-28(9-7-27)21-12-10-13(22)17(19(24)20(12)25-11-26-21)18-14(23)4-3-5-15(18)33-34(30,31)32;1-2-16(30)27-6-8-28(9-7-27)21-12-10-13(22)17(19(24)20(12)25-11-26-21)18-14(23)4-3-5-15(18)29;/h2-5,10-11H,1,6-9H2,(H2,30,31,32);2-5,10-11,29H,1,6-9H2;1H4. The number of hydrogen-bond donors (Lipinski definition) is 3. The Balaban J connectivity index is 0.000000214. The maximum atomic E-state index is 15.7. The van der Waals surface area contributed by atoms with E-state index >= 15 is 8.78 Å². The Morgan fingerprint density at radius 1 is 0.662 bits per heavy atom. The van der Waals surface area contributed by atoms with Gasteiger partial charge in [-0.3, -0.25) is 19.4 Å². The van der Waals surface area contributed by atoms with Crippen LogP contribution in [0.3, 0.4) is 0 Å². The molecule has 3 N–H and O–H groups in total. The Labute approximate surface area is 379 Å². The molecule has 2 aromatic heterocycles. The van der Waals surface area contributed by atoms with Crippen LogP contribution in [0.15, 0.2) is 86.5 Å². The van der Waals surface area contributed by atoms with E-state index < -0.39 is 53.7 Å². The Kier molecular flexibility index (Phi) is 14.6. The van der Waals surface area contributed by atoms with E-state index in [4.69, 9.17) is 23.2 Å². The topological polar surface area (TPSA) is 186 Å². The van der Waals surface area contributed by atoms with Gasteiger partial charge in [-0.15, -0.1) is 0 Å². The predicted octanol–water partition coefficient (Wildman–Crippen LogP) is 7.94. The number of aromatic nitrogens is 4. The molecule has 4 heterocycles. The number of aromatic hydroxyl groups is 1. The van der Waals surface area contributed by atoms with Crippen molar-refractivity contribution in [3.05, 3.63) is 120 Å². The summed E-state index contributed by atoms with van der Waals surface area (Å²) < 4.78 is 76.1. The summed E-state index contributed by atoms with van der Waals surface area (Å²) in [5.41, 5.74) is -1.79. The first-order chi connectivity index (χ1) is 30.5. The third-order valence-corrected chi connectivity index (χ3v) is 11.4. The molecule has 0 saturated carbocycles. The van der Waals surface area contributed by atoms with Crippen LogP contribution in [0.2, 0.25) is 10.0 Å². The molecule has 15 nitrogen and oxygen atoms in total. The molecular weight excluding hydrogens is 918 g/mol. The van der Waals surface area contributed by atoms with Crippen molar-refractivity contribution in [2.24, 2.45) is 0 Å². The zero-order valence-electron chi connectivity index (χ0n) is 33.3. The summed E-state index contributed by atoms with van der Waals surface area (Å²) in [5.74, 6) is -4.14. The second kappa shape index (κ2) is 19.8. The summed E-state index contributed by atoms with van der Waals surface area (Å²) in [5, 5.41) is 10.4. The van der Waals surface area contributed by atoms with Gasteiger partial charge in [-0.25, -0.2) is 42.1 Å². The van der Waals surface area contributed by atoms with E-state index in [0.29, 0.717) is 69.4 Å². The van der Waals surface area contributed by atoms with Crippen molar-refractivity contribution in [3.8, 4) is 33.8 Å². The van der Waals surface area contributed by atoms with Crippen molar-refractivity contribution in [3.63, 3.8) is 0 Å². The molecule has 65 heavy (non-hydrogen) atoms. The Bertz CT molecular complexity index is 2880. The number of piperazine rings is 2. The molecule has 2 aliphatic rings. The van der Waals surface area contributed by atoms with Crippen LogP contribution in [0.4, 0.5) is 29.2 Å². The fraction of sp³-hybridized carbons (Fsp3) is 0.209. The van der Waals surface area contributed by atoms with E-state index in [2.05, 4.69) is 37.6 Å². The van der Waals surface area contributed by atoms with Crippen LogP contribution in [0.5, 0.6) is 11.5 Å². The number of carbonyl (C=O) groups is 2. The quantitative estimate of drug-likeness (QED) is 0.0760. The average Bonchev–Trinajstić information content (AvgIpc) is 3.27. The van der Waals surface area contributed by atoms with E-state index in [0.717, 1.165) is 30.6 Å². The number of anilines is 2. The number of halogens is 6. The first-order valence-electron chi connectivity index (χ1n) is 19.1. The van der Waals surface area contributed by atoms with E-state index in [1.54, 1.807) is 9.80 Å². The van der Waals surface area contributed by atoms with Crippen molar-refractivity contribution in [2.45, 2.75) is 7.43 Å². The number of nitrogens with zero attached hydrogens (tertiary/aromatic N) is 8. The number of hydrogen-bond acceptors (Lipinski definition) is 11. The van der Waals surface area contributed by atoms with Crippen molar-refractivity contribution in [1.82, 2.24) is 29.7 Å². The van der Waals surface area contributed by atoms with Crippen molar-refractivity contribution >= 4 is 76.3 Å². The SMILES string of the molecule is C.C=CC(=O)N1CCN(c2ncnc3c(F)c(-c4c(F)cccc4OP(=O)(O)O)c(Cl)cc23)CC1.C=CC(=O)N1CCN(c2ncnc3c(F)c(-c4c(O)cccc4F)c(Cl)cc23)CC1. The van der Waals surface area contributed by atoms with E-state index in [9.17, 15) is 37.8 Å². The maximum absolute atomic E-state index is 15.7. The lowest BCUT2D eigenvalue weighted by molar-refractivity contribution is -0.127. The number of amides is 2. The fourth-order valence-electron chi connectivity index (χ4n) is 7.44. The highest BCUT2D eigenvalue weighted by Gasteiger charge is 2.30. The van der Waals surface area contributed by atoms with Crippen LogP contribution >= 0.6 is 31.0 Å². The van der Waals surface area contributed by atoms with Gasteiger partial charge in [-0.2, -0.15) is 0 Å². The van der Waals surface area contributed by atoms with Crippen molar-refractivity contribution in [1.29, 1.82) is 0 Å². The van der Waals surface area contributed by atoms with Gasteiger partial charge in [0.15, 0.2) is 11.6 Å². The molecule has 2 fully saturated rings. The normalized spacial score (nSPS) is 14.1. The van der Waals surface area contributed by atoms with Crippen LogP contribution < -0.4 is 14.3 Å². The number of carbonyl (C=O) groups excluding carboxylic acids is 2. The number of phosphoric acid groups is 1. The van der Waals surface area contributed by atoms with Gasteiger partial charge < -0.3 is 29.2 Å². The second-order valence-corrected chi connectivity index (χ2v) is 16.1. The predicted molar refractivity (Wildman–Crippen MR) is 239 cm³/mol. The first-order valence-corrected chi connectivity index (χ1v) is 21.4. The number of phosphoric ester groups is 1. The van der Waals surface area contributed by atoms with Gasteiger partial charge in [-0.1, -0.05) is 55.9 Å². The smallest absolute Gasteiger partial charge is 0.507 e. The van der Waals surface area contributed by atoms with Gasteiger partial charge in [0.1, 0.15) is 58.5 Å². The molecular formula is C43H39Cl2F4N8O7P. The van der Waals surface area contributed by atoms with E-state index in [1.165, 1.54) is 42.7 Å². The highest BCUT2D eigenvalue weighted by atomic mass is 35.5. The molecule has 2 aliphatic heterocycles. The second-order valence-electron chi connectivity index (χ2n) is 14.1. The molecule has 0 bridgehead atoms. The highest BCUT2D eigenvalue weighted by molar-refractivity contribution is 7.46. The lowest BCUT2D eigenvalue weighted by atomic mass is 10.0. The molecule has 0 spiro atoms. The summed E-state index contributed by atoms with van der Waals surface area (Å²) in [6.07, 6.45) is 4.87. The Morgan fingerprint density at radius 2 is 1.08 bits per heavy atom. The monoisotopic (exact) mass is 956 g/mol. The molecule has 0 aliphatic carbocycles. The number of rotatable bonds is 8. The van der Waals surface area contributed by atoms with Crippen LogP contribution in [0.25, 0.3) is 44.1 Å². The van der Waals surface area contributed by atoms with Gasteiger partial charge in [0, 0.05) is 74.3 Å². The number of phenols is 1. The molecule has 6 aromatic rings. The number of phenolic OH excluding ortho intramolecular Hbond substituents is 1. The minimum atomic E-state index is -5.07. The highest BCUT2D eigenvalue weighted by Crippen LogP contribution is 2.47. The Morgan fingerprint density at radius 3 is 1.49 bits per heavy atom. The van der Waals surface area contributed by atoms with Gasteiger partial charge in [-0.05, 0) is 48.6 Å². The maximum Gasteiger partial charge on any atom is 0.524 e. The molecule has 22 heteroatoms. The zero-order chi connectivity index (χ0) is 46.0. The number of fused-ring (bicyclic) bond motifs is 2. The minimum Gasteiger partial charge on any atom is -0.507 e. The molecule has 2 amide bonds. The third-order valence-electron chi connectivity index (χ3n) is 10.4. The summed E-state index contributed by atoms with van der Waals surface area (Å²) >= 11 is 12.7. The molecule has 0 radical (unpaired) electrons. The molecule has 8 rings (SSSR count). The lowest BCUT2D eigenvalue weighted by Crippen LogP contribution is -2.48. The van der Waals surface area contributed by atoms with Crippen LogP contribution in [0, 0.1) is 23.3 Å². The summed E-state index contributed by atoms with van der Waals surface area (Å²) in [6.45, 7) is 10.5. The molecule has 2 saturated heterocycles. The minimum absolute atomic E-state index is 0. The van der Waals surface area contributed by atoms with Crippen LogP contribution in [0.1, 0.15) is 7.43 Å². The summed E-state index contributed by atoms with van der Waals surface area (Å²) in [7, 11) is -5.07. The summed E-state index contributed by atoms with van der Waals surface area (Å²) in [6, 6.07) is 9.76. The molecule has 0 unspecified atom stereocenters. The molecule has 4 aromatic carbocycles. The van der Waals surface area contributed by atoms with Crippen LogP contribution in [-0.4, -0.2) is 109 Å². The van der Waals surface area contributed by atoms with Gasteiger partial charge in [0.05, 0.1) is 21.2 Å². The lowest BCUT2D eigenvalue weighted by Gasteiger charge is -2.35. The van der Waals surface area contributed by atoms with E-state index in [-0.39, 0.29) is 56.8 Å². The molecule has 340 valence electrons. The van der Waals surface area contributed by atoms with Gasteiger partial charge in [0.2, 0.25) is 11.8 Å². The van der Waals surface area contributed by atoms with Gasteiger partial charge in [0.25, 0.3) is 0 Å². The Hall–Kier alpha value is -6.37. The zero-order valence-corrected chi connectivity index (χ0v) is 35.7. The van der Waals surface area contributed by atoms with Crippen molar-refractivity contribution < 1.29 is 51.1 Å². The van der Waals surface area contributed by atoms with Gasteiger partial charge >= 0.3 is 7.82 Å². The van der Waals surface area contributed by atoms with Crippen LogP contribution in [-0.2, 0) is 14.2 Å². The first kappa shape index (κ1) is 48.1. The average molecular weight is 958 g/mol. The third kappa shape index (κ3) is 9.84. The van der Waals surface area contributed by atoms with E-state index in [1.807, 2.05) is 9.80 Å². The van der Waals surface area contributed by atoms with Crippen molar-refractivity contribution in [2.75, 3.05) is 62.2 Å². The number of benzene rings is 4. The molecule has 0 atom stereocenters. The fourth-order valence-corrected chi connectivity index (χ4v) is 8.42. The summed E-state index contributed by atoms with van der Waals surface area (Å²) in [4.78, 5) is 65.6. The largest absolute Gasteiger partial charge is 0.524 e.